The van der Waals surface area contributed by atoms with Gasteiger partial charge in [-0.2, -0.15) is 0 Å². The first-order valence-electron chi connectivity index (χ1n) is 3.95. The molecule has 0 atom stereocenters. The Balaban J connectivity index is 3.45. The summed E-state index contributed by atoms with van der Waals surface area (Å²) in [6, 6.07) is 0. The molecule has 0 bridgehead atoms. The average molecular weight is 158 g/mol. The van der Waals surface area contributed by atoms with Gasteiger partial charge in [0.25, 0.3) is 0 Å². The zero-order chi connectivity index (χ0) is 8.91. The molecule has 0 aliphatic carbocycles. The van der Waals surface area contributed by atoms with Crippen LogP contribution in [0.3, 0.4) is 0 Å². The molecule has 1 amide bonds. The lowest BCUT2D eigenvalue weighted by molar-refractivity contribution is -0.118. The highest BCUT2D eigenvalue weighted by Gasteiger charge is 2.13. The fourth-order valence-electron chi connectivity index (χ4n) is 0.830. The van der Waals surface area contributed by atoms with Gasteiger partial charge >= 0.3 is 0 Å². The van der Waals surface area contributed by atoms with Gasteiger partial charge in [-0.25, -0.2) is 0 Å². The Morgan fingerprint density at radius 2 is 2.09 bits per heavy atom. The Morgan fingerprint density at radius 1 is 1.55 bits per heavy atom. The molecule has 0 radical (unpaired) electrons. The van der Waals surface area contributed by atoms with Crippen molar-refractivity contribution in [2.75, 3.05) is 7.05 Å². The number of hydrogen-bond acceptors (Lipinski definition) is 2. The zero-order valence-electron chi connectivity index (χ0n) is 7.61. The first-order chi connectivity index (χ1) is 4.98. The Kier molecular flexibility index (Phi) is 4.11. The van der Waals surface area contributed by atoms with E-state index < -0.39 is 0 Å². The normalized spacial score (nSPS) is 11.5. The van der Waals surface area contributed by atoms with Gasteiger partial charge in [-0.1, -0.05) is 0 Å². The van der Waals surface area contributed by atoms with Gasteiger partial charge in [0.1, 0.15) is 0 Å². The Hall–Kier alpha value is -0.570. The molecule has 3 N–H and O–H groups in total. The van der Waals surface area contributed by atoms with Crippen LogP contribution in [-0.2, 0) is 4.79 Å². The van der Waals surface area contributed by atoms with Gasteiger partial charge in [0.05, 0.1) is 0 Å². The van der Waals surface area contributed by atoms with E-state index in [1.807, 2.05) is 7.05 Å². The van der Waals surface area contributed by atoms with Crippen molar-refractivity contribution in [2.45, 2.75) is 38.6 Å². The summed E-state index contributed by atoms with van der Waals surface area (Å²) in [6.07, 6.45) is 2.33. The van der Waals surface area contributed by atoms with Crippen molar-refractivity contribution >= 4 is 5.91 Å². The average Bonchev–Trinajstić information content (AvgIpc) is 1.87. The number of carbonyl (C=O) groups is 1. The molecule has 0 aromatic heterocycles. The van der Waals surface area contributed by atoms with Gasteiger partial charge in [0, 0.05) is 12.0 Å². The van der Waals surface area contributed by atoms with E-state index in [1.54, 1.807) is 0 Å². The van der Waals surface area contributed by atoms with Crippen molar-refractivity contribution < 1.29 is 4.79 Å². The fraction of sp³-hybridized carbons (Fsp3) is 0.875. The van der Waals surface area contributed by atoms with Crippen LogP contribution in [0.5, 0.6) is 0 Å². The smallest absolute Gasteiger partial charge is 0.217 e. The minimum absolute atomic E-state index is 0.120. The van der Waals surface area contributed by atoms with Crippen LogP contribution in [0.15, 0.2) is 0 Å². The van der Waals surface area contributed by atoms with Crippen molar-refractivity contribution in [2.24, 2.45) is 5.73 Å². The number of nitrogens with one attached hydrogen (secondary N) is 1. The molecule has 0 aromatic carbocycles. The largest absolute Gasteiger partial charge is 0.370 e. The third kappa shape index (κ3) is 5.85. The molecule has 0 rings (SSSR count). The van der Waals surface area contributed by atoms with Crippen molar-refractivity contribution in [3.8, 4) is 0 Å². The van der Waals surface area contributed by atoms with Crippen LogP contribution in [0.4, 0.5) is 0 Å². The molecule has 0 aliphatic rings. The van der Waals surface area contributed by atoms with E-state index in [2.05, 4.69) is 19.2 Å². The SMILES string of the molecule is CNC(C)(C)CCCC(N)=O. The van der Waals surface area contributed by atoms with E-state index in [4.69, 9.17) is 5.73 Å². The second kappa shape index (κ2) is 4.34. The van der Waals surface area contributed by atoms with Crippen molar-refractivity contribution in [1.82, 2.24) is 5.32 Å². The second-order valence-electron chi connectivity index (χ2n) is 3.45. The second-order valence-corrected chi connectivity index (χ2v) is 3.45. The van der Waals surface area contributed by atoms with Gasteiger partial charge in [-0.05, 0) is 33.7 Å². The van der Waals surface area contributed by atoms with Gasteiger partial charge in [0.2, 0.25) is 5.91 Å². The van der Waals surface area contributed by atoms with Crippen molar-refractivity contribution in [3.63, 3.8) is 0 Å². The van der Waals surface area contributed by atoms with E-state index in [0.29, 0.717) is 6.42 Å². The maximum absolute atomic E-state index is 10.4. The lowest BCUT2D eigenvalue weighted by Crippen LogP contribution is -2.36. The van der Waals surface area contributed by atoms with E-state index in [0.717, 1.165) is 12.8 Å². The Bertz CT molecular complexity index is 132. The highest BCUT2D eigenvalue weighted by atomic mass is 16.1. The predicted molar refractivity (Wildman–Crippen MR) is 46.2 cm³/mol. The summed E-state index contributed by atoms with van der Waals surface area (Å²) in [5.74, 6) is -0.211. The molecule has 0 fully saturated rings. The molecule has 0 saturated heterocycles. The van der Waals surface area contributed by atoms with Crippen LogP contribution in [0.25, 0.3) is 0 Å². The third-order valence-corrected chi connectivity index (χ3v) is 1.90. The lowest BCUT2D eigenvalue weighted by Gasteiger charge is -2.23. The molecular formula is C8H18N2O. The quantitative estimate of drug-likeness (QED) is 0.617. The number of rotatable bonds is 5. The molecule has 0 heterocycles. The number of nitrogens with two attached hydrogens (primary N) is 1. The van der Waals surface area contributed by atoms with Crippen LogP contribution in [-0.4, -0.2) is 18.5 Å². The minimum atomic E-state index is -0.211. The summed E-state index contributed by atoms with van der Waals surface area (Å²) < 4.78 is 0. The molecule has 3 heteroatoms. The van der Waals surface area contributed by atoms with Crippen LogP contribution in [0, 0.1) is 0 Å². The summed E-state index contributed by atoms with van der Waals surface area (Å²) >= 11 is 0. The van der Waals surface area contributed by atoms with Gasteiger partial charge < -0.3 is 11.1 Å². The molecule has 66 valence electrons. The maximum atomic E-state index is 10.4. The zero-order valence-corrected chi connectivity index (χ0v) is 7.61. The molecular weight excluding hydrogens is 140 g/mol. The summed E-state index contributed by atoms with van der Waals surface area (Å²) in [4.78, 5) is 10.4. The predicted octanol–water partition coefficient (Wildman–Crippen LogP) is 0.640. The summed E-state index contributed by atoms with van der Waals surface area (Å²) in [7, 11) is 1.92. The number of primary amides is 1. The molecule has 0 spiro atoms. The highest BCUT2D eigenvalue weighted by molar-refractivity contribution is 5.73. The molecule has 0 saturated carbocycles. The minimum Gasteiger partial charge on any atom is -0.370 e. The third-order valence-electron chi connectivity index (χ3n) is 1.90. The molecule has 3 nitrogen and oxygen atoms in total. The fourth-order valence-corrected chi connectivity index (χ4v) is 0.830. The van der Waals surface area contributed by atoms with Gasteiger partial charge in [-0.3, -0.25) is 4.79 Å². The monoisotopic (exact) mass is 158 g/mol. The molecule has 11 heavy (non-hydrogen) atoms. The van der Waals surface area contributed by atoms with Crippen LogP contribution < -0.4 is 11.1 Å². The number of amides is 1. The highest BCUT2D eigenvalue weighted by Crippen LogP contribution is 2.11. The molecule has 0 aliphatic heterocycles. The van der Waals surface area contributed by atoms with E-state index in [-0.39, 0.29) is 11.4 Å². The number of carbonyl (C=O) groups excluding carboxylic acids is 1. The summed E-state index contributed by atoms with van der Waals surface area (Å²) in [5.41, 5.74) is 5.12. The number of hydrogen-bond donors (Lipinski definition) is 2. The topological polar surface area (TPSA) is 55.1 Å². The van der Waals surface area contributed by atoms with Crippen molar-refractivity contribution in [3.05, 3.63) is 0 Å². The summed E-state index contributed by atoms with van der Waals surface area (Å²) in [6.45, 7) is 4.21. The van der Waals surface area contributed by atoms with Crippen LogP contribution >= 0.6 is 0 Å². The Labute approximate surface area is 68.3 Å². The first-order valence-corrected chi connectivity index (χ1v) is 3.95. The van der Waals surface area contributed by atoms with E-state index >= 15 is 0 Å². The van der Waals surface area contributed by atoms with E-state index in [9.17, 15) is 4.79 Å². The van der Waals surface area contributed by atoms with E-state index in [1.165, 1.54) is 0 Å². The molecule has 0 unspecified atom stereocenters. The van der Waals surface area contributed by atoms with Crippen LogP contribution in [0.2, 0.25) is 0 Å². The van der Waals surface area contributed by atoms with Gasteiger partial charge in [0.15, 0.2) is 0 Å². The lowest BCUT2D eigenvalue weighted by atomic mass is 9.98. The van der Waals surface area contributed by atoms with Crippen LogP contribution in [0.1, 0.15) is 33.1 Å². The maximum Gasteiger partial charge on any atom is 0.217 e. The Morgan fingerprint density at radius 3 is 2.45 bits per heavy atom. The summed E-state index contributed by atoms with van der Waals surface area (Å²) in [5, 5.41) is 3.16. The molecule has 0 aromatic rings. The van der Waals surface area contributed by atoms with Crippen molar-refractivity contribution in [1.29, 1.82) is 0 Å². The van der Waals surface area contributed by atoms with Gasteiger partial charge in [-0.15, -0.1) is 0 Å². The standard InChI is InChI=1S/C8H18N2O/c1-8(2,10-3)6-4-5-7(9)11/h10H,4-6H2,1-3H3,(H2,9,11). The first kappa shape index (κ1) is 10.4.